The molecule has 1 aliphatic rings. The Bertz CT molecular complexity index is 78.1. The summed E-state index contributed by atoms with van der Waals surface area (Å²) in [5, 5.41) is 16.8. The van der Waals surface area contributed by atoms with Crippen molar-refractivity contribution in [2.45, 2.75) is 18.6 Å². The van der Waals surface area contributed by atoms with Crippen LogP contribution in [-0.2, 0) is 9.78 Å². The zero-order valence-corrected chi connectivity index (χ0v) is 4.33. The fourth-order valence-electron chi connectivity index (χ4n) is 0.326. The van der Waals surface area contributed by atoms with Gasteiger partial charge in [-0.05, 0) is 0 Å². The zero-order chi connectivity index (χ0) is 6.04. The standard InChI is InChI=1S/C4H8O4/c5-3-7-8-4(6)1-2-4/h5-6H,1-3H2. The highest BCUT2D eigenvalue weighted by Crippen LogP contribution is 2.35. The molecule has 48 valence electrons. The summed E-state index contributed by atoms with van der Waals surface area (Å²) in [6.45, 7) is -0.512. The molecule has 0 aliphatic heterocycles. The molecule has 0 heterocycles. The van der Waals surface area contributed by atoms with Gasteiger partial charge in [-0.25, -0.2) is 4.89 Å². The molecule has 0 aromatic heterocycles. The van der Waals surface area contributed by atoms with E-state index in [0.29, 0.717) is 12.8 Å². The second-order valence-corrected chi connectivity index (χ2v) is 1.78. The number of rotatable bonds is 3. The van der Waals surface area contributed by atoms with Gasteiger partial charge in [-0.1, -0.05) is 0 Å². The predicted molar refractivity (Wildman–Crippen MR) is 23.4 cm³/mol. The lowest BCUT2D eigenvalue weighted by Crippen LogP contribution is -2.13. The van der Waals surface area contributed by atoms with Crippen LogP contribution < -0.4 is 0 Å². The van der Waals surface area contributed by atoms with Crippen molar-refractivity contribution in [2.75, 3.05) is 6.79 Å². The second kappa shape index (κ2) is 1.99. The molecule has 0 amide bonds. The Morgan fingerprint density at radius 2 is 2.12 bits per heavy atom. The molecule has 4 heteroatoms. The van der Waals surface area contributed by atoms with Crippen LogP contribution in [0, 0.1) is 0 Å². The highest BCUT2D eigenvalue weighted by Gasteiger charge is 2.43. The van der Waals surface area contributed by atoms with Gasteiger partial charge in [-0.2, -0.15) is 4.89 Å². The highest BCUT2D eigenvalue weighted by molar-refractivity contribution is 4.81. The van der Waals surface area contributed by atoms with Crippen LogP contribution in [0.4, 0.5) is 0 Å². The number of aliphatic hydroxyl groups is 2. The van der Waals surface area contributed by atoms with Gasteiger partial charge in [-0.3, -0.25) is 0 Å². The first-order chi connectivity index (χ1) is 3.77. The second-order valence-electron chi connectivity index (χ2n) is 1.78. The van der Waals surface area contributed by atoms with E-state index in [4.69, 9.17) is 10.2 Å². The molecule has 2 N–H and O–H groups in total. The van der Waals surface area contributed by atoms with Crippen molar-refractivity contribution in [3.8, 4) is 0 Å². The van der Waals surface area contributed by atoms with Crippen LogP contribution >= 0.6 is 0 Å². The number of hydrogen-bond donors (Lipinski definition) is 2. The van der Waals surface area contributed by atoms with E-state index in [0.717, 1.165) is 0 Å². The van der Waals surface area contributed by atoms with Crippen molar-refractivity contribution < 1.29 is 20.0 Å². The molecule has 0 radical (unpaired) electrons. The average Bonchev–Trinajstić information content (AvgIpc) is 2.45. The third-order valence-corrected chi connectivity index (χ3v) is 0.944. The van der Waals surface area contributed by atoms with Crippen LogP contribution in [0.3, 0.4) is 0 Å². The van der Waals surface area contributed by atoms with Gasteiger partial charge in [0.2, 0.25) is 0 Å². The molecule has 1 fully saturated rings. The van der Waals surface area contributed by atoms with Gasteiger partial charge >= 0.3 is 0 Å². The molecule has 8 heavy (non-hydrogen) atoms. The Hall–Kier alpha value is -0.160. The van der Waals surface area contributed by atoms with Crippen molar-refractivity contribution in [2.24, 2.45) is 0 Å². The van der Waals surface area contributed by atoms with E-state index in [1.807, 2.05) is 0 Å². The van der Waals surface area contributed by atoms with E-state index in [2.05, 4.69) is 9.78 Å². The first-order valence-corrected chi connectivity index (χ1v) is 2.41. The molecular weight excluding hydrogens is 112 g/mol. The molecule has 0 spiro atoms. The van der Waals surface area contributed by atoms with Gasteiger partial charge in [0, 0.05) is 12.8 Å². The molecule has 0 aromatic carbocycles. The van der Waals surface area contributed by atoms with Crippen LogP contribution in [0.1, 0.15) is 12.8 Å². The molecule has 1 saturated carbocycles. The summed E-state index contributed by atoms with van der Waals surface area (Å²) in [6.07, 6.45) is 1.18. The maximum atomic E-state index is 8.80. The summed E-state index contributed by atoms with van der Waals surface area (Å²) in [7, 11) is 0. The van der Waals surface area contributed by atoms with Crippen molar-refractivity contribution in [3.63, 3.8) is 0 Å². The maximum Gasteiger partial charge on any atom is 0.199 e. The van der Waals surface area contributed by atoms with Gasteiger partial charge in [0.15, 0.2) is 12.6 Å². The number of hydrogen-bond acceptors (Lipinski definition) is 4. The fourth-order valence-corrected chi connectivity index (χ4v) is 0.326. The topological polar surface area (TPSA) is 58.9 Å². The van der Waals surface area contributed by atoms with Crippen LogP contribution in [0.2, 0.25) is 0 Å². The monoisotopic (exact) mass is 120 g/mol. The van der Waals surface area contributed by atoms with Gasteiger partial charge < -0.3 is 10.2 Å². The molecule has 0 saturated heterocycles. The highest BCUT2D eigenvalue weighted by atomic mass is 17.2. The minimum Gasteiger partial charge on any atom is -0.368 e. The quantitative estimate of drug-likeness (QED) is 0.295. The van der Waals surface area contributed by atoms with Crippen molar-refractivity contribution in [1.82, 2.24) is 0 Å². The largest absolute Gasteiger partial charge is 0.368 e. The van der Waals surface area contributed by atoms with Crippen LogP contribution in [-0.4, -0.2) is 22.8 Å². The van der Waals surface area contributed by atoms with Crippen LogP contribution in [0.5, 0.6) is 0 Å². The molecule has 0 bridgehead atoms. The molecule has 0 atom stereocenters. The smallest absolute Gasteiger partial charge is 0.199 e. The van der Waals surface area contributed by atoms with Crippen molar-refractivity contribution in [1.29, 1.82) is 0 Å². The van der Waals surface area contributed by atoms with E-state index < -0.39 is 12.6 Å². The normalized spacial score (nSPS) is 23.2. The fraction of sp³-hybridized carbons (Fsp3) is 1.00. The lowest BCUT2D eigenvalue weighted by molar-refractivity contribution is -0.405. The minimum atomic E-state index is -1.08. The maximum absolute atomic E-state index is 8.80. The van der Waals surface area contributed by atoms with E-state index in [1.165, 1.54) is 0 Å². The Balaban J connectivity index is 2.01. The molecular formula is C4H8O4. The van der Waals surface area contributed by atoms with Gasteiger partial charge in [0.1, 0.15) is 0 Å². The molecule has 0 aromatic rings. The minimum absolute atomic E-state index is 0.512. The Morgan fingerprint density at radius 3 is 2.50 bits per heavy atom. The SMILES string of the molecule is OCOOC1(O)CC1. The van der Waals surface area contributed by atoms with E-state index in [1.54, 1.807) is 0 Å². The van der Waals surface area contributed by atoms with E-state index in [-0.39, 0.29) is 0 Å². The summed E-state index contributed by atoms with van der Waals surface area (Å²) >= 11 is 0. The van der Waals surface area contributed by atoms with Crippen molar-refractivity contribution >= 4 is 0 Å². The molecule has 1 rings (SSSR count). The average molecular weight is 120 g/mol. The summed E-state index contributed by atoms with van der Waals surface area (Å²) in [4.78, 5) is 8.36. The van der Waals surface area contributed by atoms with Gasteiger partial charge in [0.05, 0.1) is 0 Å². The van der Waals surface area contributed by atoms with Gasteiger partial charge in [0.25, 0.3) is 0 Å². The molecule has 0 unspecified atom stereocenters. The first-order valence-electron chi connectivity index (χ1n) is 2.41. The first kappa shape index (κ1) is 5.97. The summed E-state index contributed by atoms with van der Waals surface area (Å²) in [5.41, 5.74) is 0. The third-order valence-electron chi connectivity index (χ3n) is 0.944. The summed E-state index contributed by atoms with van der Waals surface area (Å²) in [5.74, 6) is -1.08. The Labute approximate surface area is 46.6 Å². The lowest BCUT2D eigenvalue weighted by atomic mass is 10.7. The molecule has 4 nitrogen and oxygen atoms in total. The van der Waals surface area contributed by atoms with Gasteiger partial charge in [-0.15, -0.1) is 0 Å². The van der Waals surface area contributed by atoms with Crippen LogP contribution in [0.25, 0.3) is 0 Å². The molecule has 1 aliphatic carbocycles. The Kier molecular flexibility index (Phi) is 1.48. The third kappa shape index (κ3) is 1.41. The predicted octanol–water partition coefficient (Wildman–Crippen LogP) is -0.633. The van der Waals surface area contributed by atoms with E-state index >= 15 is 0 Å². The lowest BCUT2D eigenvalue weighted by Gasteiger charge is -2.04. The summed E-state index contributed by atoms with van der Waals surface area (Å²) in [6, 6.07) is 0. The number of aliphatic hydroxyl groups excluding tert-OH is 1. The Morgan fingerprint density at radius 1 is 1.50 bits per heavy atom. The van der Waals surface area contributed by atoms with E-state index in [9.17, 15) is 0 Å². The van der Waals surface area contributed by atoms with Crippen molar-refractivity contribution in [3.05, 3.63) is 0 Å². The van der Waals surface area contributed by atoms with Crippen LogP contribution in [0.15, 0.2) is 0 Å². The zero-order valence-electron chi connectivity index (χ0n) is 4.33. The summed E-state index contributed by atoms with van der Waals surface area (Å²) < 4.78 is 0.